The van der Waals surface area contributed by atoms with Crippen LogP contribution in [0.25, 0.3) is 0 Å². The van der Waals surface area contributed by atoms with Gasteiger partial charge in [-0.15, -0.1) is 0 Å². The van der Waals surface area contributed by atoms with Crippen molar-refractivity contribution < 1.29 is 0 Å². The molecule has 0 N–H and O–H groups in total. The molecule has 23 heavy (non-hydrogen) atoms. The minimum Gasteiger partial charge on any atom is -0.241 e. The van der Waals surface area contributed by atoms with E-state index in [0.717, 1.165) is 43.0 Å². The van der Waals surface area contributed by atoms with E-state index < -0.39 is 0 Å². The Morgan fingerprint density at radius 1 is 1.09 bits per heavy atom. The van der Waals surface area contributed by atoms with Gasteiger partial charge in [0.25, 0.3) is 0 Å². The zero-order chi connectivity index (χ0) is 16.5. The van der Waals surface area contributed by atoms with Gasteiger partial charge in [-0.2, -0.15) is 5.26 Å². The first-order valence-corrected chi connectivity index (χ1v) is 9.46. The molecule has 1 aliphatic carbocycles. The molecular formula is C20H31N3. The second-order valence-corrected chi connectivity index (χ2v) is 7.12. The standard InChI is InChI=1S/C20H31N3/c1-3-5-7-9-19-22-14-18(15-23-19)20(16-21)12-10-17(11-13-20)8-6-4-2/h14-15,17H,3-13H2,1-2H3/t17-,20+. The number of aromatic nitrogens is 2. The van der Waals surface area contributed by atoms with Gasteiger partial charge in [0, 0.05) is 24.4 Å². The number of rotatable bonds is 8. The van der Waals surface area contributed by atoms with Gasteiger partial charge in [-0.25, -0.2) is 9.97 Å². The highest BCUT2D eigenvalue weighted by atomic mass is 14.9. The second-order valence-electron chi connectivity index (χ2n) is 7.12. The highest BCUT2D eigenvalue weighted by Gasteiger charge is 2.37. The fourth-order valence-electron chi connectivity index (χ4n) is 3.68. The molecule has 2 rings (SSSR count). The van der Waals surface area contributed by atoms with Crippen molar-refractivity contribution in [2.24, 2.45) is 5.92 Å². The monoisotopic (exact) mass is 313 g/mol. The molecule has 1 heterocycles. The van der Waals surface area contributed by atoms with E-state index in [-0.39, 0.29) is 5.41 Å². The molecule has 1 saturated carbocycles. The molecule has 0 aliphatic heterocycles. The third-order valence-corrected chi connectivity index (χ3v) is 5.40. The molecule has 1 aromatic rings. The number of nitrogens with zero attached hydrogens (tertiary/aromatic N) is 3. The molecule has 1 fully saturated rings. The first-order valence-electron chi connectivity index (χ1n) is 9.46. The predicted molar refractivity (Wildman–Crippen MR) is 94.0 cm³/mol. The first kappa shape index (κ1) is 17.9. The van der Waals surface area contributed by atoms with Crippen LogP contribution in [-0.4, -0.2) is 9.97 Å². The number of unbranched alkanes of at least 4 members (excludes halogenated alkanes) is 3. The smallest absolute Gasteiger partial charge is 0.128 e. The summed E-state index contributed by atoms with van der Waals surface area (Å²) in [5, 5.41) is 9.79. The molecule has 0 aromatic carbocycles. The average Bonchev–Trinajstić information content (AvgIpc) is 2.61. The van der Waals surface area contributed by atoms with Crippen LogP contribution >= 0.6 is 0 Å². The van der Waals surface area contributed by atoms with Crippen LogP contribution in [0, 0.1) is 17.2 Å². The summed E-state index contributed by atoms with van der Waals surface area (Å²) in [5.41, 5.74) is 0.693. The van der Waals surface area contributed by atoms with Crippen LogP contribution in [0.1, 0.15) is 89.4 Å². The van der Waals surface area contributed by atoms with E-state index in [4.69, 9.17) is 0 Å². The summed E-state index contributed by atoms with van der Waals surface area (Å²) in [6, 6.07) is 2.60. The Kier molecular flexibility index (Phi) is 7.02. The lowest BCUT2D eigenvalue weighted by Crippen LogP contribution is -2.30. The Morgan fingerprint density at radius 2 is 1.74 bits per heavy atom. The molecule has 0 saturated heterocycles. The molecule has 126 valence electrons. The quantitative estimate of drug-likeness (QED) is 0.608. The van der Waals surface area contributed by atoms with Gasteiger partial charge in [-0.05, 0) is 38.0 Å². The third kappa shape index (κ3) is 4.77. The number of hydrogen-bond donors (Lipinski definition) is 0. The third-order valence-electron chi connectivity index (χ3n) is 5.40. The summed E-state index contributed by atoms with van der Waals surface area (Å²) in [6.45, 7) is 4.46. The van der Waals surface area contributed by atoms with E-state index in [1.54, 1.807) is 0 Å². The van der Waals surface area contributed by atoms with Crippen molar-refractivity contribution in [1.82, 2.24) is 9.97 Å². The van der Waals surface area contributed by atoms with Crippen LogP contribution in [0.3, 0.4) is 0 Å². The van der Waals surface area contributed by atoms with Crippen molar-refractivity contribution in [3.63, 3.8) is 0 Å². The highest BCUT2D eigenvalue weighted by Crippen LogP contribution is 2.42. The fourth-order valence-corrected chi connectivity index (χ4v) is 3.68. The largest absolute Gasteiger partial charge is 0.241 e. The van der Waals surface area contributed by atoms with Crippen LogP contribution in [0.5, 0.6) is 0 Å². The predicted octanol–water partition coefficient (Wildman–Crippen LogP) is 5.35. The maximum Gasteiger partial charge on any atom is 0.128 e. The van der Waals surface area contributed by atoms with Crippen LogP contribution in [-0.2, 0) is 11.8 Å². The van der Waals surface area contributed by atoms with Crippen LogP contribution in [0.15, 0.2) is 12.4 Å². The molecule has 0 spiro atoms. The molecule has 1 aliphatic rings. The lowest BCUT2D eigenvalue weighted by Gasteiger charge is -2.35. The Morgan fingerprint density at radius 3 is 2.30 bits per heavy atom. The zero-order valence-corrected chi connectivity index (χ0v) is 14.9. The van der Waals surface area contributed by atoms with E-state index >= 15 is 0 Å². The first-order chi connectivity index (χ1) is 11.2. The van der Waals surface area contributed by atoms with E-state index in [0.29, 0.717) is 0 Å². The molecule has 0 unspecified atom stereocenters. The number of hydrogen-bond acceptors (Lipinski definition) is 3. The lowest BCUT2D eigenvalue weighted by atomic mass is 9.67. The number of nitriles is 1. The number of aryl methyl sites for hydroxylation is 1. The summed E-state index contributed by atoms with van der Waals surface area (Å²) in [6.07, 6.45) is 16.6. The van der Waals surface area contributed by atoms with Gasteiger partial charge < -0.3 is 0 Å². The minimum absolute atomic E-state index is 0.343. The van der Waals surface area contributed by atoms with Crippen molar-refractivity contribution >= 4 is 0 Å². The molecular weight excluding hydrogens is 282 g/mol. The van der Waals surface area contributed by atoms with Gasteiger partial charge in [0.2, 0.25) is 0 Å². The van der Waals surface area contributed by atoms with E-state index in [1.807, 2.05) is 12.4 Å². The molecule has 3 nitrogen and oxygen atoms in total. The van der Waals surface area contributed by atoms with E-state index in [1.165, 1.54) is 44.9 Å². The van der Waals surface area contributed by atoms with Crippen molar-refractivity contribution in [1.29, 1.82) is 5.26 Å². The summed E-state index contributed by atoms with van der Waals surface area (Å²) in [4.78, 5) is 9.05. The Hall–Kier alpha value is -1.43. The lowest BCUT2D eigenvalue weighted by molar-refractivity contribution is 0.262. The van der Waals surface area contributed by atoms with Crippen molar-refractivity contribution in [2.45, 2.75) is 89.9 Å². The molecule has 3 heteroatoms. The molecule has 1 aromatic heterocycles. The van der Waals surface area contributed by atoms with Gasteiger partial charge in [0.15, 0.2) is 0 Å². The van der Waals surface area contributed by atoms with Gasteiger partial charge >= 0.3 is 0 Å². The Balaban J connectivity index is 1.97. The molecule has 0 radical (unpaired) electrons. The van der Waals surface area contributed by atoms with Gasteiger partial charge in [0.05, 0.1) is 11.5 Å². The van der Waals surface area contributed by atoms with E-state index in [9.17, 15) is 5.26 Å². The van der Waals surface area contributed by atoms with Crippen LogP contribution in [0.2, 0.25) is 0 Å². The minimum atomic E-state index is -0.343. The molecule has 0 atom stereocenters. The van der Waals surface area contributed by atoms with Crippen molar-refractivity contribution in [2.75, 3.05) is 0 Å². The summed E-state index contributed by atoms with van der Waals surface area (Å²) in [7, 11) is 0. The molecule has 0 bridgehead atoms. The summed E-state index contributed by atoms with van der Waals surface area (Å²) >= 11 is 0. The topological polar surface area (TPSA) is 49.6 Å². The van der Waals surface area contributed by atoms with Crippen LogP contribution < -0.4 is 0 Å². The van der Waals surface area contributed by atoms with E-state index in [2.05, 4.69) is 29.9 Å². The zero-order valence-electron chi connectivity index (χ0n) is 14.9. The van der Waals surface area contributed by atoms with Crippen molar-refractivity contribution in [3.05, 3.63) is 23.8 Å². The normalized spacial score (nSPS) is 24.3. The Bertz CT molecular complexity index is 493. The fraction of sp³-hybridized carbons (Fsp3) is 0.750. The summed E-state index contributed by atoms with van der Waals surface area (Å²) < 4.78 is 0. The van der Waals surface area contributed by atoms with Gasteiger partial charge in [-0.3, -0.25) is 0 Å². The average molecular weight is 313 g/mol. The second kappa shape index (κ2) is 9.01. The maximum absolute atomic E-state index is 9.79. The SMILES string of the molecule is CCCCCc1ncc([C@]2(C#N)CC[C@H](CCCC)CC2)cn1. The summed E-state index contributed by atoms with van der Waals surface area (Å²) in [5.74, 6) is 1.73. The van der Waals surface area contributed by atoms with Gasteiger partial charge in [0.1, 0.15) is 5.82 Å². The Labute approximate surface area is 141 Å². The van der Waals surface area contributed by atoms with Gasteiger partial charge in [-0.1, -0.05) is 46.0 Å². The van der Waals surface area contributed by atoms with Crippen molar-refractivity contribution in [3.8, 4) is 6.07 Å². The molecule has 0 amide bonds. The highest BCUT2D eigenvalue weighted by molar-refractivity contribution is 5.29. The van der Waals surface area contributed by atoms with Crippen LogP contribution in [0.4, 0.5) is 0 Å². The maximum atomic E-state index is 9.79.